The predicted molar refractivity (Wildman–Crippen MR) is 91.2 cm³/mol. The summed E-state index contributed by atoms with van der Waals surface area (Å²) < 4.78 is 13.7. The minimum absolute atomic E-state index is 0.0864. The van der Waals surface area contributed by atoms with Crippen LogP contribution in [0.4, 0.5) is 9.18 Å². The number of carbonyl (C=O) groups excluding carboxylic acids is 2. The third-order valence-electron chi connectivity index (χ3n) is 5.62. The van der Waals surface area contributed by atoms with Gasteiger partial charge in [0.05, 0.1) is 5.92 Å². The van der Waals surface area contributed by atoms with Gasteiger partial charge in [0, 0.05) is 37.8 Å². The molecule has 134 valence electrons. The van der Waals surface area contributed by atoms with Gasteiger partial charge in [-0.15, -0.1) is 0 Å². The number of amides is 3. The zero-order valence-electron chi connectivity index (χ0n) is 14.3. The summed E-state index contributed by atoms with van der Waals surface area (Å²) >= 11 is 0. The first-order chi connectivity index (χ1) is 12.1. The van der Waals surface area contributed by atoms with Crippen molar-refractivity contribution in [3.63, 3.8) is 0 Å². The normalized spacial score (nSPS) is 25.9. The highest BCUT2D eigenvalue weighted by atomic mass is 19.1. The van der Waals surface area contributed by atoms with E-state index in [4.69, 9.17) is 0 Å². The van der Waals surface area contributed by atoms with Crippen LogP contribution in [0, 0.1) is 17.7 Å². The first-order valence-electron chi connectivity index (χ1n) is 9.18. The third kappa shape index (κ3) is 3.48. The van der Waals surface area contributed by atoms with Gasteiger partial charge in [-0.25, -0.2) is 9.18 Å². The Morgan fingerprint density at radius 3 is 2.72 bits per heavy atom. The van der Waals surface area contributed by atoms with Crippen LogP contribution in [0.15, 0.2) is 24.3 Å². The number of halogens is 1. The molecule has 3 aliphatic heterocycles. The Morgan fingerprint density at radius 1 is 1.16 bits per heavy atom. The molecule has 1 aromatic carbocycles. The van der Waals surface area contributed by atoms with Crippen LogP contribution in [-0.4, -0.2) is 47.4 Å². The Labute approximate surface area is 147 Å². The van der Waals surface area contributed by atoms with E-state index >= 15 is 0 Å². The molecular weight excluding hydrogens is 321 g/mol. The van der Waals surface area contributed by atoms with Gasteiger partial charge in [0.25, 0.3) is 0 Å². The number of rotatable bonds is 4. The molecule has 0 unspecified atom stereocenters. The maximum atomic E-state index is 13.7. The van der Waals surface area contributed by atoms with E-state index in [2.05, 4.69) is 5.32 Å². The molecule has 3 heterocycles. The zero-order chi connectivity index (χ0) is 17.4. The molecule has 0 radical (unpaired) electrons. The average molecular weight is 345 g/mol. The lowest BCUT2D eigenvalue weighted by atomic mass is 9.94. The molecule has 0 spiro atoms. The fourth-order valence-corrected chi connectivity index (χ4v) is 3.95. The fraction of sp³-hybridized carbons (Fsp3) is 0.579. The van der Waals surface area contributed by atoms with E-state index in [-0.39, 0.29) is 36.3 Å². The summed E-state index contributed by atoms with van der Waals surface area (Å²) in [6, 6.07) is 6.37. The van der Waals surface area contributed by atoms with Crippen molar-refractivity contribution in [2.75, 3.05) is 19.6 Å². The van der Waals surface area contributed by atoms with Crippen molar-refractivity contribution in [1.82, 2.24) is 15.1 Å². The van der Waals surface area contributed by atoms with E-state index in [1.165, 1.54) is 18.9 Å². The molecule has 5 rings (SSSR count). The summed E-state index contributed by atoms with van der Waals surface area (Å²) in [5, 5.41) is 2.81. The second-order valence-corrected chi connectivity index (χ2v) is 7.52. The van der Waals surface area contributed by atoms with Gasteiger partial charge in [0.1, 0.15) is 5.82 Å². The van der Waals surface area contributed by atoms with Gasteiger partial charge in [-0.1, -0.05) is 18.2 Å². The molecule has 2 atom stereocenters. The number of fused-ring (bicyclic) bond motifs is 4. The maximum Gasteiger partial charge on any atom is 0.317 e. The highest BCUT2D eigenvalue weighted by molar-refractivity contribution is 5.82. The summed E-state index contributed by atoms with van der Waals surface area (Å²) in [5.41, 5.74) is 0.472. The van der Waals surface area contributed by atoms with Crippen molar-refractivity contribution in [3.05, 3.63) is 35.6 Å². The van der Waals surface area contributed by atoms with Gasteiger partial charge in [-0.05, 0) is 37.7 Å². The van der Waals surface area contributed by atoms with Crippen molar-refractivity contribution in [1.29, 1.82) is 0 Å². The highest BCUT2D eigenvalue weighted by Crippen LogP contribution is 2.35. The molecule has 1 saturated carbocycles. The lowest BCUT2D eigenvalue weighted by Crippen LogP contribution is -2.49. The van der Waals surface area contributed by atoms with Crippen LogP contribution in [0.3, 0.4) is 0 Å². The van der Waals surface area contributed by atoms with E-state index in [9.17, 15) is 14.0 Å². The van der Waals surface area contributed by atoms with E-state index in [1.54, 1.807) is 23.1 Å². The zero-order valence-corrected chi connectivity index (χ0v) is 14.3. The Kier molecular flexibility index (Phi) is 4.36. The Hall–Kier alpha value is -2.11. The lowest BCUT2D eigenvalue weighted by Gasteiger charge is -2.36. The third-order valence-corrected chi connectivity index (χ3v) is 5.62. The predicted octanol–water partition coefficient (Wildman–Crippen LogP) is 2.37. The smallest absolute Gasteiger partial charge is 0.317 e. The molecule has 3 amide bonds. The molecule has 4 aliphatic rings. The molecule has 1 aliphatic carbocycles. The molecular formula is C19H24FN3O2. The average Bonchev–Trinajstić information content (AvgIpc) is 3.44. The summed E-state index contributed by atoms with van der Waals surface area (Å²) in [6.45, 7) is 2.07. The Bertz CT molecular complexity index is 676. The standard InChI is InChI=1S/C19H24FN3O2/c20-17-4-2-1-3-14(17)9-21-19(25)22-11-15-7-8-16(12-22)23(18(15)24)10-13-5-6-13/h1-4,13,15-16H,5-12H2,(H,21,25)/t15-,16+/m0/s1. The van der Waals surface area contributed by atoms with Gasteiger partial charge in [-0.2, -0.15) is 0 Å². The molecule has 4 fully saturated rings. The van der Waals surface area contributed by atoms with Crippen molar-refractivity contribution in [3.8, 4) is 0 Å². The number of hydrogen-bond donors (Lipinski definition) is 1. The highest BCUT2D eigenvalue weighted by Gasteiger charge is 2.43. The van der Waals surface area contributed by atoms with Gasteiger partial charge in [0.2, 0.25) is 5.91 Å². The second-order valence-electron chi connectivity index (χ2n) is 7.52. The largest absolute Gasteiger partial charge is 0.337 e. The van der Waals surface area contributed by atoms with E-state index in [1.807, 2.05) is 4.90 Å². The number of hydrogen-bond acceptors (Lipinski definition) is 2. The second kappa shape index (κ2) is 6.65. The monoisotopic (exact) mass is 345 g/mol. The van der Waals surface area contributed by atoms with Crippen LogP contribution in [0.25, 0.3) is 0 Å². The van der Waals surface area contributed by atoms with Crippen LogP contribution in [-0.2, 0) is 11.3 Å². The summed E-state index contributed by atoms with van der Waals surface area (Å²) in [5.74, 6) is 0.473. The van der Waals surface area contributed by atoms with Crippen molar-refractivity contribution >= 4 is 11.9 Å². The number of nitrogens with one attached hydrogen (secondary N) is 1. The van der Waals surface area contributed by atoms with E-state index in [0.29, 0.717) is 24.6 Å². The SMILES string of the molecule is O=C(NCc1ccccc1F)N1C[C@@H]2CC[C@H](C1)N(CC1CC1)C2=O. The van der Waals surface area contributed by atoms with Gasteiger partial charge in [-0.3, -0.25) is 4.79 Å². The van der Waals surface area contributed by atoms with Crippen LogP contribution in [0.5, 0.6) is 0 Å². The summed E-state index contributed by atoms with van der Waals surface area (Å²) in [7, 11) is 0. The van der Waals surface area contributed by atoms with Crippen LogP contribution in [0.1, 0.15) is 31.2 Å². The van der Waals surface area contributed by atoms with Crippen LogP contribution in [0.2, 0.25) is 0 Å². The van der Waals surface area contributed by atoms with Crippen LogP contribution < -0.4 is 5.32 Å². The minimum atomic E-state index is -0.315. The summed E-state index contributed by atoms with van der Waals surface area (Å²) in [6.07, 6.45) is 4.27. The molecule has 6 heteroatoms. The molecule has 0 aromatic heterocycles. The Morgan fingerprint density at radius 2 is 1.96 bits per heavy atom. The Balaban J connectivity index is 1.40. The summed E-state index contributed by atoms with van der Waals surface area (Å²) in [4.78, 5) is 29.0. The first-order valence-corrected chi connectivity index (χ1v) is 9.18. The van der Waals surface area contributed by atoms with Crippen molar-refractivity contribution in [2.45, 2.75) is 38.3 Å². The van der Waals surface area contributed by atoms with Gasteiger partial charge >= 0.3 is 6.03 Å². The number of nitrogens with zero attached hydrogens (tertiary/aromatic N) is 2. The van der Waals surface area contributed by atoms with E-state index < -0.39 is 0 Å². The number of benzene rings is 1. The lowest BCUT2D eigenvalue weighted by molar-refractivity contribution is -0.140. The fourth-order valence-electron chi connectivity index (χ4n) is 3.95. The molecule has 5 nitrogen and oxygen atoms in total. The molecule has 25 heavy (non-hydrogen) atoms. The topological polar surface area (TPSA) is 52.7 Å². The molecule has 2 bridgehead atoms. The van der Waals surface area contributed by atoms with Gasteiger partial charge in [0.15, 0.2) is 0 Å². The van der Waals surface area contributed by atoms with Gasteiger partial charge < -0.3 is 15.1 Å². The molecule has 1 N–H and O–H groups in total. The van der Waals surface area contributed by atoms with E-state index in [0.717, 1.165) is 19.4 Å². The molecule has 3 saturated heterocycles. The number of piperidine rings is 1. The molecule has 1 aromatic rings. The quantitative estimate of drug-likeness (QED) is 0.911. The number of urea groups is 1. The first kappa shape index (κ1) is 16.4. The van der Waals surface area contributed by atoms with Crippen molar-refractivity contribution in [2.24, 2.45) is 11.8 Å². The maximum absolute atomic E-state index is 13.7. The van der Waals surface area contributed by atoms with Crippen molar-refractivity contribution < 1.29 is 14.0 Å². The number of carbonyl (C=O) groups is 2. The van der Waals surface area contributed by atoms with Crippen LogP contribution >= 0.6 is 0 Å². The minimum Gasteiger partial charge on any atom is -0.337 e.